The van der Waals surface area contributed by atoms with Gasteiger partial charge in [0.25, 0.3) is 6.47 Å². The number of benzene rings is 2. The molecule has 92 valence electrons. The highest BCUT2D eigenvalue weighted by atomic mass is 16.5. The summed E-state index contributed by atoms with van der Waals surface area (Å²) in [4.78, 5) is 21.1. The van der Waals surface area contributed by atoms with Crippen molar-refractivity contribution >= 4 is 23.2 Å². The predicted molar refractivity (Wildman–Crippen MR) is 66.2 cm³/mol. The van der Waals surface area contributed by atoms with E-state index in [0.717, 1.165) is 16.3 Å². The highest BCUT2D eigenvalue weighted by Crippen LogP contribution is 2.17. The van der Waals surface area contributed by atoms with Crippen molar-refractivity contribution in [1.29, 1.82) is 0 Å². The third-order valence-electron chi connectivity index (χ3n) is 2.73. The third-order valence-corrected chi connectivity index (χ3v) is 2.73. The van der Waals surface area contributed by atoms with Crippen LogP contribution in [-0.2, 0) is 20.7 Å². The molecule has 0 spiro atoms. The lowest BCUT2D eigenvalue weighted by molar-refractivity contribution is -0.156. The number of carbonyl (C=O) groups is 2. The van der Waals surface area contributed by atoms with Crippen molar-refractivity contribution in [3.63, 3.8) is 0 Å². The van der Waals surface area contributed by atoms with Crippen LogP contribution in [0.5, 0.6) is 0 Å². The number of hydrogen-bond donors (Lipinski definition) is 1. The maximum absolute atomic E-state index is 10.9. The number of carboxylic acid groups (broad SMARTS) is 1. The van der Waals surface area contributed by atoms with E-state index in [0.29, 0.717) is 0 Å². The Hall–Kier alpha value is -2.36. The lowest BCUT2D eigenvalue weighted by Gasteiger charge is -2.10. The summed E-state index contributed by atoms with van der Waals surface area (Å²) in [6.45, 7) is 0.167. The van der Waals surface area contributed by atoms with E-state index in [1.165, 1.54) is 0 Å². The first-order chi connectivity index (χ1) is 8.70. The number of carboxylic acids is 1. The molecule has 1 atom stereocenters. The number of rotatable bonds is 5. The van der Waals surface area contributed by atoms with Crippen LogP contribution in [0.4, 0.5) is 0 Å². The molecule has 0 aliphatic heterocycles. The van der Waals surface area contributed by atoms with E-state index in [-0.39, 0.29) is 12.9 Å². The van der Waals surface area contributed by atoms with Gasteiger partial charge < -0.3 is 9.84 Å². The molecule has 0 aliphatic rings. The van der Waals surface area contributed by atoms with Crippen LogP contribution in [0, 0.1) is 0 Å². The highest BCUT2D eigenvalue weighted by Gasteiger charge is 2.18. The van der Waals surface area contributed by atoms with E-state index < -0.39 is 12.1 Å². The zero-order valence-corrected chi connectivity index (χ0v) is 9.58. The summed E-state index contributed by atoms with van der Waals surface area (Å²) in [5.41, 5.74) is 0.822. The Morgan fingerprint density at radius 2 is 1.94 bits per heavy atom. The minimum absolute atomic E-state index is 0.166. The van der Waals surface area contributed by atoms with Gasteiger partial charge in [0, 0.05) is 6.42 Å². The third kappa shape index (κ3) is 2.66. The van der Waals surface area contributed by atoms with Crippen LogP contribution in [0.25, 0.3) is 10.8 Å². The quantitative estimate of drug-likeness (QED) is 0.817. The molecular weight excluding hydrogens is 232 g/mol. The van der Waals surface area contributed by atoms with Gasteiger partial charge in [-0.15, -0.1) is 0 Å². The second-order valence-electron chi connectivity index (χ2n) is 3.94. The second-order valence-corrected chi connectivity index (χ2v) is 3.94. The summed E-state index contributed by atoms with van der Waals surface area (Å²) >= 11 is 0. The van der Waals surface area contributed by atoms with Gasteiger partial charge in [-0.2, -0.15) is 0 Å². The molecule has 0 saturated heterocycles. The van der Waals surface area contributed by atoms with Crippen LogP contribution in [0.15, 0.2) is 42.5 Å². The second kappa shape index (κ2) is 5.31. The smallest absolute Gasteiger partial charge is 0.345 e. The molecule has 0 unspecified atom stereocenters. The van der Waals surface area contributed by atoms with E-state index in [2.05, 4.69) is 4.74 Å². The molecule has 0 heterocycles. The van der Waals surface area contributed by atoms with E-state index in [9.17, 15) is 9.59 Å². The molecule has 0 radical (unpaired) electrons. The minimum Gasteiger partial charge on any atom is -0.478 e. The van der Waals surface area contributed by atoms with Gasteiger partial charge >= 0.3 is 5.97 Å². The summed E-state index contributed by atoms with van der Waals surface area (Å²) in [6, 6.07) is 13.5. The van der Waals surface area contributed by atoms with Crippen LogP contribution in [-0.4, -0.2) is 23.7 Å². The molecule has 2 rings (SSSR count). The summed E-state index contributed by atoms with van der Waals surface area (Å²) in [5, 5.41) is 11.0. The van der Waals surface area contributed by atoms with Crippen molar-refractivity contribution in [3.8, 4) is 0 Å². The van der Waals surface area contributed by atoms with Gasteiger partial charge in [-0.1, -0.05) is 42.5 Å². The van der Waals surface area contributed by atoms with E-state index in [4.69, 9.17) is 5.11 Å². The van der Waals surface area contributed by atoms with Crippen molar-refractivity contribution in [3.05, 3.63) is 48.0 Å². The lowest BCUT2D eigenvalue weighted by Crippen LogP contribution is -2.25. The Balaban J connectivity index is 2.25. The fraction of sp³-hybridized carbons (Fsp3) is 0.143. The van der Waals surface area contributed by atoms with Crippen molar-refractivity contribution in [1.82, 2.24) is 0 Å². The Kier molecular flexibility index (Phi) is 3.57. The molecule has 18 heavy (non-hydrogen) atoms. The first-order valence-corrected chi connectivity index (χ1v) is 5.50. The Morgan fingerprint density at radius 1 is 1.22 bits per heavy atom. The molecule has 0 aliphatic carbocycles. The highest BCUT2D eigenvalue weighted by molar-refractivity contribution is 5.83. The van der Waals surface area contributed by atoms with Gasteiger partial charge in [-0.25, -0.2) is 4.79 Å². The zero-order chi connectivity index (χ0) is 13.0. The van der Waals surface area contributed by atoms with Crippen LogP contribution in [0.2, 0.25) is 0 Å². The molecule has 2 aromatic carbocycles. The number of carbonyl (C=O) groups excluding carboxylic acids is 1. The summed E-state index contributed by atoms with van der Waals surface area (Å²) < 4.78 is 4.54. The number of ether oxygens (including phenoxy) is 1. The number of hydrogen-bond acceptors (Lipinski definition) is 3. The normalized spacial score (nSPS) is 12.0. The summed E-state index contributed by atoms with van der Waals surface area (Å²) in [5.74, 6) is -1.14. The van der Waals surface area contributed by atoms with Crippen molar-refractivity contribution in [2.45, 2.75) is 12.5 Å². The average molecular weight is 244 g/mol. The van der Waals surface area contributed by atoms with Gasteiger partial charge in [0.1, 0.15) is 0 Å². The zero-order valence-electron chi connectivity index (χ0n) is 9.58. The minimum atomic E-state index is -1.14. The Morgan fingerprint density at radius 3 is 2.61 bits per heavy atom. The van der Waals surface area contributed by atoms with E-state index in [1.54, 1.807) is 0 Å². The Labute approximate surface area is 104 Å². The molecule has 0 saturated carbocycles. The van der Waals surface area contributed by atoms with Crippen LogP contribution in [0.3, 0.4) is 0 Å². The van der Waals surface area contributed by atoms with Crippen LogP contribution < -0.4 is 0 Å². The average Bonchev–Trinajstić information content (AvgIpc) is 2.38. The van der Waals surface area contributed by atoms with Gasteiger partial charge in [-0.05, 0) is 16.3 Å². The topological polar surface area (TPSA) is 63.6 Å². The van der Waals surface area contributed by atoms with Gasteiger partial charge in [0.2, 0.25) is 6.10 Å². The molecule has 4 heteroatoms. The largest absolute Gasteiger partial charge is 0.478 e. The molecule has 0 bridgehead atoms. The molecule has 1 N–H and O–H groups in total. The first kappa shape index (κ1) is 12.1. The molecule has 4 nitrogen and oxygen atoms in total. The molecule has 0 amide bonds. The summed E-state index contributed by atoms with van der Waals surface area (Å²) in [6.07, 6.45) is -0.970. The van der Waals surface area contributed by atoms with Crippen LogP contribution in [0.1, 0.15) is 5.56 Å². The molecule has 0 fully saturated rings. The van der Waals surface area contributed by atoms with Gasteiger partial charge in [0.15, 0.2) is 0 Å². The van der Waals surface area contributed by atoms with E-state index >= 15 is 0 Å². The standard InChI is InChI=1S/C14H12O4/c15-9-18-13(14(16)17)8-10-5-6-11-3-1-2-4-12(11)7-10/h1-7,9,13H,8H2,(H,16,17)/t13-/m1/s1. The summed E-state index contributed by atoms with van der Waals surface area (Å²) in [7, 11) is 0. The van der Waals surface area contributed by atoms with Gasteiger partial charge in [-0.3, -0.25) is 4.79 Å². The monoisotopic (exact) mass is 244 g/mol. The SMILES string of the molecule is O=CO[C@H](Cc1ccc2ccccc2c1)C(=O)O. The van der Waals surface area contributed by atoms with Crippen molar-refractivity contribution < 1.29 is 19.4 Å². The number of aliphatic carboxylic acids is 1. The molecule has 2 aromatic rings. The number of fused-ring (bicyclic) bond motifs is 1. The lowest BCUT2D eigenvalue weighted by atomic mass is 10.0. The van der Waals surface area contributed by atoms with E-state index in [1.807, 2.05) is 42.5 Å². The van der Waals surface area contributed by atoms with Crippen LogP contribution >= 0.6 is 0 Å². The molecule has 0 aromatic heterocycles. The maximum Gasteiger partial charge on any atom is 0.345 e. The predicted octanol–water partition coefficient (Wildman–Crippen LogP) is 2.01. The van der Waals surface area contributed by atoms with Gasteiger partial charge in [0.05, 0.1) is 0 Å². The first-order valence-electron chi connectivity index (χ1n) is 5.50. The fourth-order valence-electron chi connectivity index (χ4n) is 1.84. The fourth-order valence-corrected chi connectivity index (χ4v) is 1.84. The van der Waals surface area contributed by atoms with Crippen molar-refractivity contribution in [2.24, 2.45) is 0 Å². The Bertz CT molecular complexity index is 577. The van der Waals surface area contributed by atoms with Crippen molar-refractivity contribution in [2.75, 3.05) is 0 Å². The molecular formula is C14H12O4. The maximum atomic E-state index is 10.9.